The van der Waals surface area contributed by atoms with Gasteiger partial charge in [-0.15, -0.1) is 11.3 Å². The molecule has 1 aliphatic heterocycles. The van der Waals surface area contributed by atoms with E-state index in [9.17, 15) is 0 Å². The minimum absolute atomic E-state index is 0.608. The number of anilines is 1. The largest absolute Gasteiger partial charge is 0.472 e. The van der Waals surface area contributed by atoms with Crippen molar-refractivity contribution in [3.05, 3.63) is 41.4 Å². The first-order valence-corrected chi connectivity index (χ1v) is 9.27. The monoisotopic (exact) mass is 342 g/mol. The molecule has 0 spiro atoms. The molecule has 3 aromatic heterocycles. The number of hydrogen-bond acceptors (Lipinski definition) is 6. The van der Waals surface area contributed by atoms with E-state index in [1.807, 2.05) is 19.3 Å². The first kappa shape index (κ1) is 15.6. The van der Waals surface area contributed by atoms with Gasteiger partial charge < -0.3 is 9.32 Å². The Kier molecular flexibility index (Phi) is 4.24. The number of aryl methyl sites for hydroxylation is 1. The fourth-order valence-electron chi connectivity index (χ4n) is 3.50. The van der Waals surface area contributed by atoms with Crippen LogP contribution >= 0.6 is 11.3 Å². The van der Waals surface area contributed by atoms with Gasteiger partial charge in [0.15, 0.2) is 0 Å². The number of fused-ring (bicyclic) bond motifs is 1. The SMILES string of the molecule is Cc1nc(N2CCC(N(C)Cc3ccoc3)CC2)c2ccsc2n1. The van der Waals surface area contributed by atoms with Gasteiger partial charge in [-0.1, -0.05) is 0 Å². The lowest BCUT2D eigenvalue weighted by molar-refractivity contribution is 0.200. The van der Waals surface area contributed by atoms with Crippen LogP contribution in [0.4, 0.5) is 5.82 Å². The summed E-state index contributed by atoms with van der Waals surface area (Å²) in [4.78, 5) is 15.2. The molecule has 0 unspecified atom stereocenters. The molecule has 0 bridgehead atoms. The Labute approximate surface area is 145 Å². The molecule has 3 aromatic rings. The van der Waals surface area contributed by atoms with E-state index in [4.69, 9.17) is 9.40 Å². The fraction of sp³-hybridized carbons (Fsp3) is 0.444. The normalized spacial score (nSPS) is 16.4. The fourth-order valence-corrected chi connectivity index (χ4v) is 4.31. The second-order valence-corrected chi connectivity index (χ2v) is 7.39. The molecule has 0 aliphatic carbocycles. The molecule has 6 heteroatoms. The molecule has 1 saturated heterocycles. The van der Waals surface area contributed by atoms with Gasteiger partial charge in [0, 0.05) is 31.2 Å². The lowest BCUT2D eigenvalue weighted by Crippen LogP contribution is -2.43. The molecule has 0 aromatic carbocycles. The van der Waals surface area contributed by atoms with Gasteiger partial charge in [-0.25, -0.2) is 9.97 Å². The molecular formula is C18H22N4OS. The molecule has 0 radical (unpaired) electrons. The molecule has 1 aliphatic rings. The molecule has 4 heterocycles. The molecule has 0 N–H and O–H groups in total. The van der Waals surface area contributed by atoms with Crippen molar-refractivity contribution in [2.45, 2.75) is 32.4 Å². The average molecular weight is 342 g/mol. The highest BCUT2D eigenvalue weighted by atomic mass is 32.1. The smallest absolute Gasteiger partial charge is 0.141 e. The molecular weight excluding hydrogens is 320 g/mol. The van der Waals surface area contributed by atoms with Crippen LogP contribution in [-0.4, -0.2) is 41.0 Å². The molecule has 1 fully saturated rings. The van der Waals surface area contributed by atoms with Gasteiger partial charge in [-0.05, 0) is 44.3 Å². The van der Waals surface area contributed by atoms with Crippen molar-refractivity contribution in [1.82, 2.24) is 14.9 Å². The van der Waals surface area contributed by atoms with E-state index in [0.717, 1.165) is 48.9 Å². The number of aromatic nitrogens is 2. The maximum absolute atomic E-state index is 5.17. The number of nitrogens with zero attached hydrogens (tertiary/aromatic N) is 4. The van der Waals surface area contributed by atoms with Crippen LogP contribution in [0.1, 0.15) is 24.2 Å². The summed E-state index contributed by atoms with van der Waals surface area (Å²) in [5, 5.41) is 3.30. The number of hydrogen-bond donors (Lipinski definition) is 0. The van der Waals surface area contributed by atoms with E-state index in [2.05, 4.69) is 33.3 Å². The van der Waals surface area contributed by atoms with Crippen LogP contribution in [-0.2, 0) is 6.54 Å². The molecule has 0 amide bonds. The van der Waals surface area contributed by atoms with Gasteiger partial charge in [0.2, 0.25) is 0 Å². The lowest BCUT2D eigenvalue weighted by Gasteiger charge is -2.37. The summed E-state index contributed by atoms with van der Waals surface area (Å²) in [5.41, 5.74) is 1.24. The maximum atomic E-state index is 5.17. The third-order valence-corrected chi connectivity index (χ3v) is 5.62. The van der Waals surface area contributed by atoms with Gasteiger partial charge in [0.1, 0.15) is 16.5 Å². The van der Waals surface area contributed by atoms with Gasteiger partial charge >= 0.3 is 0 Å². The summed E-state index contributed by atoms with van der Waals surface area (Å²) in [5.74, 6) is 1.97. The van der Waals surface area contributed by atoms with Crippen LogP contribution in [0.15, 0.2) is 34.5 Å². The van der Waals surface area contributed by atoms with Crippen LogP contribution in [0.25, 0.3) is 10.2 Å². The Morgan fingerprint density at radius 1 is 1.29 bits per heavy atom. The van der Waals surface area contributed by atoms with Crippen LogP contribution in [0.3, 0.4) is 0 Å². The molecule has 126 valence electrons. The summed E-state index contributed by atoms with van der Waals surface area (Å²) in [6.07, 6.45) is 5.89. The molecule has 0 saturated carbocycles. The Morgan fingerprint density at radius 3 is 2.88 bits per heavy atom. The number of furan rings is 1. The van der Waals surface area contributed by atoms with Gasteiger partial charge in [0.05, 0.1) is 17.9 Å². The van der Waals surface area contributed by atoms with Crippen LogP contribution in [0.5, 0.6) is 0 Å². The van der Waals surface area contributed by atoms with Crippen LogP contribution < -0.4 is 4.90 Å². The number of rotatable bonds is 4. The zero-order chi connectivity index (χ0) is 16.5. The second kappa shape index (κ2) is 6.53. The van der Waals surface area contributed by atoms with Crippen LogP contribution in [0.2, 0.25) is 0 Å². The molecule has 5 nitrogen and oxygen atoms in total. The van der Waals surface area contributed by atoms with Crippen molar-refractivity contribution in [3.8, 4) is 0 Å². The van der Waals surface area contributed by atoms with E-state index in [1.165, 1.54) is 10.9 Å². The highest BCUT2D eigenvalue weighted by Crippen LogP contribution is 2.30. The highest BCUT2D eigenvalue weighted by Gasteiger charge is 2.25. The van der Waals surface area contributed by atoms with Gasteiger partial charge in [0.25, 0.3) is 0 Å². The predicted octanol–water partition coefficient (Wildman–Crippen LogP) is 3.69. The minimum atomic E-state index is 0.608. The Hall–Kier alpha value is -1.92. The zero-order valence-corrected chi connectivity index (χ0v) is 14.9. The maximum Gasteiger partial charge on any atom is 0.141 e. The van der Waals surface area contributed by atoms with E-state index in [1.54, 1.807) is 17.6 Å². The third kappa shape index (κ3) is 3.03. The van der Waals surface area contributed by atoms with Crippen molar-refractivity contribution in [2.24, 2.45) is 0 Å². The third-order valence-electron chi connectivity index (χ3n) is 4.82. The molecule has 4 rings (SSSR count). The average Bonchev–Trinajstić information content (AvgIpc) is 3.25. The van der Waals surface area contributed by atoms with Crippen molar-refractivity contribution in [2.75, 3.05) is 25.0 Å². The summed E-state index contributed by atoms with van der Waals surface area (Å²) in [7, 11) is 2.21. The van der Waals surface area contributed by atoms with Crippen molar-refractivity contribution >= 4 is 27.4 Å². The van der Waals surface area contributed by atoms with Gasteiger partial charge in [-0.2, -0.15) is 0 Å². The van der Waals surface area contributed by atoms with E-state index >= 15 is 0 Å². The van der Waals surface area contributed by atoms with E-state index in [0.29, 0.717) is 6.04 Å². The Bertz CT molecular complexity index is 806. The molecule has 0 atom stereocenters. The van der Waals surface area contributed by atoms with Crippen molar-refractivity contribution in [3.63, 3.8) is 0 Å². The first-order chi connectivity index (χ1) is 11.7. The standard InChI is InChI=1S/C18H22N4OS/c1-13-19-17(16-6-10-24-18(16)20-13)22-7-3-15(4-8-22)21(2)11-14-5-9-23-12-14/h5-6,9-10,12,15H,3-4,7-8,11H2,1-2H3. The summed E-state index contributed by atoms with van der Waals surface area (Å²) >= 11 is 1.69. The van der Waals surface area contributed by atoms with Crippen LogP contribution in [0, 0.1) is 6.92 Å². The number of thiophene rings is 1. The quantitative estimate of drug-likeness (QED) is 0.723. The molecule has 24 heavy (non-hydrogen) atoms. The summed E-state index contributed by atoms with van der Waals surface area (Å²) in [6, 6.07) is 4.80. The lowest BCUT2D eigenvalue weighted by atomic mass is 10.0. The number of piperidine rings is 1. The van der Waals surface area contributed by atoms with E-state index < -0.39 is 0 Å². The van der Waals surface area contributed by atoms with Crippen molar-refractivity contribution in [1.29, 1.82) is 0 Å². The summed E-state index contributed by atoms with van der Waals surface area (Å²) in [6.45, 7) is 5.01. The van der Waals surface area contributed by atoms with E-state index in [-0.39, 0.29) is 0 Å². The summed E-state index contributed by atoms with van der Waals surface area (Å²) < 4.78 is 5.17. The zero-order valence-electron chi connectivity index (χ0n) is 14.1. The van der Waals surface area contributed by atoms with Crippen molar-refractivity contribution < 1.29 is 4.42 Å². The predicted molar refractivity (Wildman–Crippen MR) is 97.6 cm³/mol. The minimum Gasteiger partial charge on any atom is -0.472 e. The Balaban J connectivity index is 1.44. The Morgan fingerprint density at radius 2 is 2.12 bits per heavy atom. The highest BCUT2D eigenvalue weighted by molar-refractivity contribution is 7.16. The topological polar surface area (TPSA) is 45.4 Å². The second-order valence-electron chi connectivity index (χ2n) is 6.50. The first-order valence-electron chi connectivity index (χ1n) is 8.39. The van der Waals surface area contributed by atoms with Gasteiger partial charge in [-0.3, -0.25) is 4.90 Å².